The second-order valence-corrected chi connectivity index (χ2v) is 6.23. The van der Waals surface area contributed by atoms with E-state index in [1.54, 1.807) is 20.9 Å². The molecule has 0 aliphatic rings. The van der Waals surface area contributed by atoms with Gasteiger partial charge in [0.1, 0.15) is 5.52 Å². The van der Waals surface area contributed by atoms with E-state index in [4.69, 9.17) is 0 Å². The van der Waals surface area contributed by atoms with Crippen LogP contribution in [0, 0.1) is 0 Å². The van der Waals surface area contributed by atoms with Gasteiger partial charge in [0.15, 0.2) is 0 Å². The third-order valence-electron chi connectivity index (χ3n) is 3.89. The van der Waals surface area contributed by atoms with Crippen LogP contribution in [0.15, 0.2) is 41.8 Å². The Morgan fingerprint density at radius 1 is 1.32 bits per heavy atom. The van der Waals surface area contributed by atoms with Crippen LogP contribution in [0.25, 0.3) is 11.0 Å². The second kappa shape index (κ2) is 6.27. The van der Waals surface area contributed by atoms with Crippen molar-refractivity contribution in [3.8, 4) is 0 Å². The van der Waals surface area contributed by atoms with Gasteiger partial charge >= 0.3 is 0 Å². The maximum Gasteiger partial charge on any atom is 0.224 e. The first-order valence-corrected chi connectivity index (χ1v) is 8.12. The molecule has 1 aromatic carbocycles. The molecule has 22 heavy (non-hydrogen) atoms. The molecule has 0 saturated heterocycles. The molecule has 0 radical (unpaired) electrons. The van der Waals surface area contributed by atoms with Crippen molar-refractivity contribution in [1.82, 2.24) is 19.9 Å². The fourth-order valence-electron chi connectivity index (χ4n) is 2.40. The van der Waals surface area contributed by atoms with E-state index in [0.717, 1.165) is 11.0 Å². The molecule has 1 atom stereocenters. The number of amides is 1. The molecule has 1 amide bonds. The molecule has 114 valence electrons. The molecule has 2 aromatic heterocycles. The highest BCUT2D eigenvalue weighted by molar-refractivity contribution is 7.10. The molecule has 0 aliphatic carbocycles. The highest BCUT2D eigenvalue weighted by atomic mass is 32.1. The molecule has 3 aromatic rings. The summed E-state index contributed by atoms with van der Waals surface area (Å²) in [4.78, 5) is 15.4. The van der Waals surface area contributed by atoms with Crippen molar-refractivity contribution in [2.24, 2.45) is 0 Å². The summed E-state index contributed by atoms with van der Waals surface area (Å²) in [6.07, 6.45) is 0.416. The van der Waals surface area contributed by atoms with E-state index in [2.05, 4.69) is 23.3 Å². The number of aryl methyl sites for hydroxylation is 1. The fourth-order valence-corrected chi connectivity index (χ4v) is 3.22. The van der Waals surface area contributed by atoms with Crippen LogP contribution in [0.4, 0.5) is 0 Å². The van der Waals surface area contributed by atoms with Gasteiger partial charge in [-0.15, -0.1) is 16.4 Å². The first kappa shape index (κ1) is 14.7. The van der Waals surface area contributed by atoms with Crippen molar-refractivity contribution in [3.63, 3.8) is 0 Å². The van der Waals surface area contributed by atoms with E-state index in [0.29, 0.717) is 13.0 Å². The van der Waals surface area contributed by atoms with E-state index < -0.39 is 0 Å². The molecule has 0 aliphatic heterocycles. The van der Waals surface area contributed by atoms with E-state index in [1.807, 2.05) is 42.8 Å². The monoisotopic (exact) mass is 314 g/mol. The Balaban J connectivity index is 1.64. The summed E-state index contributed by atoms with van der Waals surface area (Å²) < 4.78 is 1.79. The van der Waals surface area contributed by atoms with Gasteiger partial charge in [-0.05, 0) is 30.5 Å². The number of hydrogen-bond acceptors (Lipinski definition) is 4. The molecular weight excluding hydrogens is 296 g/mol. The minimum absolute atomic E-state index is 0.0972. The van der Waals surface area contributed by atoms with Gasteiger partial charge in [-0.1, -0.05) is 23.4 Å². The normalized spacial score (nSPS) is 12.5. The van der Waals surface area contributed by atoms with E-state index in [-0.39, 0.29) is 11.9 Å². The summed E-state index contributed by atoms with van der Waals surface area (Å²) in [5, 5.41) is 10.3. The number of para-hydroxylation sites is 1. The minimum Gasteiger partial charge on any atom is -0.338 e. The van der Waals surface area contributed by atoms with E-state index in [9.17, 15) is 4.79 Å². The van der Waals surface area contributed by atoms with Crippen LogP contribution >= 0.6 is 11.3 Å². The number of carbonyl (C=O) groups excluding carboxylic acids is 1. The molecule has 0 unspecified atom stereocenters. The van der Waals surface area contributed by atoms with Crippen LogP contribution in [0.3, 0.4) is 0 Å². The summed E-state index contributed by atoms with van der Waals surface area (Å²) in [7, 11) is 1.85. The number of aromatic nitrogens is 3. The lowest BCUT2D eigenvalue weighted by atomic mass is 10.2. The zero-order valence-electron chi connectivity index (χ0n) is 12.6. The average molecular weight is 314 g/mol. The van der Waals surface area contributed by atoms with Crippen LogP contribution in [0.5, 0.6) is 0 Å². The predicted molar refractivity (Wildman–Crippen MR) is 87.6 cm³/mol. The summed E-state index contributed by atoms with van der Waals surface area (Å²) in [6, 6.07) is 11.9. The summed E-state index contributed by atoms with van der Waals surface area (Å²) in [5.74, 6) is 0.112. The number of nitrogens with zero attached hydrogens (tertiary/aromatic N) is 4. The number of rotatable bonds is 5. The number of fused-ring (bicyclic) bond motifs is 1. The average Bonchev–Trinajstić information content (AvgIpc) is 3.21. The molecule has 6 heteroatoms. The predicted octanol–water partition coefficient (Wildman–Crippen LogP) is 3.10. The maximum atomic E-state index is 12.4. The molecule has 0 saturated carbocycles. The third-order valence-corrected chi connectivity index (χ3v) is 4.93. The van der Waals surface area contributed by atoms with Gasteiger partial charge in [0, 0.05) is 18.3 Å². The van der Waals surface area contributed by atoms with Gasteiger partial charge in [0.05, 0.1) is 18.1 Å². The van der Waals surface area contributed by atoms with Crippen molar-refractivity contribution in [1.29, 1.82) is 0 Å². The number of carbonyl (C=O) groups is 1. The Labute approximate surface area is 133 Å². The fraction of sp³-hybridized carbons (Fsp3) is 0.312. The van der Waals surface area contributed by atoms with Gasteiger partial charge in [0.2, 0.25) is 5.91 Å². The van der Waals surface area contributed by atoms with Crippen molar-refractivity contribution in [2.45, 2.75) is 25.9 Å². The first-order valence-electron chi connectivity index (χ1n) is 7.24. The Morgan fingerprint density at radius 2 is 2.14 bits per heavy atom. The standard InChI is InChI=1S/C16H18N4OS/c1-12(15-8-5-11-22-15)19(2)16(21)9-10-20-14-7-4-3-6-13(14)17-18-20/h3-8,11-12H,9-10H2,1-2H3/t12-/m0/s1. The lowest BCUT2D eigenvalue weighted by Gasteiger charge is -2.24. The van der Waals surface area contributed by atoms with Crippen molar-refractivity contribution >= 4 is 28.3 Å². The SMILES string of the molecule is C[C@@H](c1cccs1)N(C)C(=O)CCn1nnc2ccccc21. The van der Waals surface area contributed by atoms with Gasteiger partial charge in [0.25, 0.3) is 0 Å². The molecule has 0 bridgehead atoms. The number of thiophene rings is 1. The highest BCUT2D eigenvalue weighted by Crippen LogP contribution is 2.23. The van der Waals surface area contributed by atoms with Crippen molar-refractivity contribution in [2.75, 3.05) is 7.05 Å². The molecule has 0 spiro atoms. The Morgan fingerprint density at radius 3 is 2.91 bits per heavy atom. The van der Waals surface area contributed by atoms with Crippen molar-refractivity contribution in [3.05, 3.63) is 46.7 Å². The van der Waals surface area contributed by atoms with Gasteiger partial charge in [-0.3, -0.25) is 4.79 Å². The largest absolute Gasteiger partial charge is 0.338 e. The third kappa shape index (κ3) is 2.87. The second-order valence-electron chi connectivity index (χ2n) is 5.25. The highest BCUT2D eigenvalue weighted by Gasteiger charge is 2.18. The number of benzene rings is 1. The molecular formula is C16H18N4OS. The molecule has 0 N–H and O–H groups in total. The quantitative estimate of drug-likeness (QED) is 0.727. The zero-order valence-corrected chi connectivity index (χ0v) is 13.5. The molecule has 5 nitrogen and oxygen atoms in total. The van der Waals surface area contributed by atoms with Crippen LogP contribution < -0.4 is 0 Å². The van der Waals surface area contributed by atoms with Crippen molar-refractivity contribution < 1.29 is 4.79 Å². The molecule has 3 rings (SSSR count). The zero-order chi connectivity index (χ0) is 15.5. The lowest BCUT2D eigenvalue weighted by Crippen LogP contribution is -2.30. The summed E-state index contributed by atoms with van der Waals surface area (Å²) in [6.45, 7) is 2.59. The lowest BCUT2D eigenvalue weighted by molar-refractivity contribution is -0.132. The molecule has 2 heterocycles. The van der Waals surface area contributed by atoms with Crippen LogP contribution in [0.1, 0.15) is 24.3 Å². The van der Waals surface area contributed by atoms with Crippen LogP contribution in [-0.4, -0.2) is 32.8 Å². The van der Waals surface area contributed by atoms with E-state index in [1.165, 1.54) is 4.88 Å². The summed E-state index contributed by atoms with van der Waals surface area (Å²) >= 11 is 1.67. The summed E-state index contributed by atoms with van der Waals surface area (Å²) in [5.41, 5.74) is 1.82. The van der Waals surface area contributed by atoms with Gasteiger partial charge < -0.3 is 4.90 Å². The van der Waals surface area contributed by atoms with Gasteiger partial charge in [-0.25, -0.2) is 4.68 Å². The Hall–Kier alpha value is -2.21. The van der Waals surface area contributed by atoms with Crippen LogP contribution in [-0.2, 0) is 11.3 Å². The van der Waals surface area contributed by atoms with Crippen LogP contribution in [0.2, 0.25) is 0 Å². The topological polar surface area (TPSA) is 51.0 Å². The first-order chi connectivity index (χ1) is 10.7. The van der Waals surface area contributed by atoms with E-state index >= 15 is 0 Å². The Kier molecular flexibility index (Phi) is 4.20. The maximum absolute atomic E-state index is 12.4. The van der Waals surface area contributed by atoms with Gasteiger partial charge in [-0.2, -0.15) is 0 Å². The molecule has 0 fully saturated rings. The minimum atomic E-state index is 0.0972. The Bertz CT molecular complexity index is 765. The smallest absolute Gasteiger partial charge is 0.224 e. The number of hydrogen-bond donors (Lipinski definition) is 0.